The molecule has 4 aromatic rings. The standard InChI is InChI=1S/C25H28ClN3O4S/c1-16(2)13-32-14-17(30)10-29(11-18-6-5-9-33-18)12-22-27-24(31)23-20(15-34-25(23)28-22)19-7-3-4-8-21(19)26/h3-9,15-17,30H,10-14H2,1-2H3,(H,27,28,31). The number of H-pyrrole nitrogens is 1. The van der Waals surface area contributed by atoms with E-state index in [1.807, 2.05) is 40.6 Å². The fourth-order valence-electron chi connectivity index (χ4n) is 3.76. The van der Waals surface area contributed by atoms with Crippen molar-refractivity contribution < 1.29 is 14.3 Å². The third-order valence-electron chi connectivity index (χ3n) is 5.22. The lowest BCUT2D eigenvalue weighted by atomic mass is 10.1. The molecule has 0 amide bonds. The van der Waals surface area contributed by atoms with Crippen LogP contribution < -0.4 is 5.56 Å². The van der Waals surface area contributed by atoms with Crippen molar-refractivity contribution in [3.8, 4) is 11.1 Å². The van der Waals surface area contributed by atoms with Crippen molar-refractivity contribution >= 4 is 33.2 Å². The minimum atomic E-state index is -0.683. The van der Waals surface area contributed by atoms with Crippen LogP contribution in [0.15, 0.2) is 57.3 Å². The monoisotopic (exact) mass is 501 g/mol. The van der Waals surface area contributed by atoms with Gasteiger partial charge in [0.25, 0.3) is 5.56 Å². The number of aliphatic hydroxyl groups excluding tert-OH is 1. The Morgan fingerprint density at radius 3 is 2.74 bits per heavy atom. The van der Waals surface area contributed by atoms with Crippen molar-refractivity contribution in [1.29, 1.82) is 0 Å². The van der Waals surface area contributed by atoms with Crippen molar-refractivity contribution in [3.05, 3.63) is 75.0 Å². The lowest BCUT2D eigenvalue weighted by molar-refractivity contribution is 0.00421. The first-order chi connectivity index (χ1) is 16.4. The SMILES string of the molecule is CC(C)COCC(O)CN(Cc1nc2scc(-c3ccccc3Cl)c2c(=O)[nH]1)Cc1ccco1. The van der Waals surface area contributed by atoms with E-state index in [-0.39, 0.29) is 12.2 Å². The first-order valence-electron chi connectivity index (χ1n) is 11.2. The highest BCUT2D eigenvalue weighted by Gasteiger charge is 2.19. The van der Waals surface area contributed by atoms with Gasteiger partial charge in [0.1, 0.15) is 16.4 Å². The number of hydrogen-bond acceptors (Lipinski definition) is 7. The van der Waals surface area contributed by atoms with Gasteiger partial charge in [-0.1, -0.05) is 43.6 Å². The van der Waals surface area contributed by atoms with Gasteiger partial charge in [0.05, 0.1) is 37.4 Å². The highest BCUT2D eigenvalue weighted by atomic mass is 35.5. The minimum Gasteiger partial charge on any atom is -0.468 e. The Kier molecular flexibility index (Phi) is 8.18. The van der Waals surface area contributed by atoms with Crippen molar-refractivity contribution in [2.24, 2.45) is 5.92 Å². The number of furan rings is 1. The average molecular weight is 502 g/mol. The summed E-state index contributed by atoms with van der Waals surface area (Å²) in [7, 11) is 0. The number of nitrogens with one attached hydrogen (secondary N) is 1. The van der Waals surface area contributed by atoms with E-state index in [1.165, 1.54) is 11.3 Å². The molecule has 34 heavy (non-hydrogen) atoms. The lowest BCUT2D eigenvalue weighted by Crippen LogP contribution is -2.35. The summed E-state index contributed by atoms with van der Waals surface area (Å²) in [4.78, 5) is 23.3. The van der Waals surface area contributed by atoms with Crippen LogP contribution in [-0.2, 0) is 17.8 Å². The van der Waals surface area contributed by atoms with Crippen LogP contribution in [-0.4, -0.2) is 45.8 Å². The summed E-state index contributed by atoms with van der Waals surface area (Å²) in [5, 5.41) is 13.5. The van der Waals surface area contributed by atoms with Crippen LogP contribution in [0.2, 0.25) is 5.02 Å². The molecular weight excluding hydrogens is 474 g/mol. The zero-order chi connectivity index (χ0) is 24.1. The van der Waals surface area contributed by atoms with Gasteiger partial charge in [-0.2, -0.15) is 0 Å². The highest BCUT2D eigenvalue weighted by Crippen LogP contribution is 2.34. The number of rotatable bonds is 11. The van der Waals surface area contributed by atoms with Crippen molar-refractivity contribution in [3.63, 3.8) is 0 Å². The number of halogens is 1. The Morgan fingerprint density at radius 2 is 2.00 bits per heavy atom. The van der Waals surface area contributed by atoms with Gasteiger partial charge < -0.3 is 19.2 Å². The van der Waals surface area contributed by atoms with E-state index in [0.717, 1.165) is 16.9 Å². The number of benzene rings is 1. The number of ether oxygens (including phenoxy) is 1. The van der Waals surface area contributed by atoms with Gasteiger partial charge in [0, 0.05) is 34.7 Å². The van der Waals surface area contributed by atoms with Crippen LogP contribution in [0.25, 0.3) is 21.3 Å². The number of hydrogen-bond donors (Lipinski definition) is 2. The Balaban J connectivity index is 1.55. The molecule has 3 heterocycles. The van der Waals surface area contributed by atoms with Crippen LogP contribution in [0.1, 0.15) is 25.4 Å². The second kappa shape index (κ2) is 11.3. The topological polar surface area (TPSA) is 91.6 Å². The van der Waals surface area contributed by atoms with Crippen molar-refractivity contribution in [2.75, 3.05) is 19.8 Å². The maximum Gasteiger partial charge on any atom is 0.260 e. The predicted molar refractivity (Wildman–Crippen MR) is 135 cm³/mol. The number of aliphatic hydroxyl groups is 1. The summed E-state index contributed by atoms with van der Waals surface area (Å²) in [5.74, 6) is 1.68. The molecule has 0 saturated carbocycles. The molecule has 7 nitrogen and oxygen atoms in total. The van der Waals surface area contributed by atoms with Crippen LogP contribution in [0.4, 0.5) is 0 Å². The molecule has 1 atom stereocenters. The summed E-state index contributed by atoms with van der Waals surface area (Å²) >= 11 is 7.77. The molecule has 1 unspecified atom stereocenters. The highest BCUT2D eigenvalue weighted by molar-refractivity contribution is 7.17. The Bertz CT molecular complexity index is 1270. The quantitative estimate of drug-likeness (QED) is 0.302. The van der Waals surface area contributed by atoms with Crippen molar-refractivity contribution in [2.45, 2.75) is 33.0 Å². The van der Waals surface area contributed by atoms with E-state index in [4.69, 9.17) is 25.7 Å². The fraction of sp³-hybridized carbons (Fsp3) is 0.360. The van der Waals surface area contributed by atoms with E-state index in [0.29, 0.717) is 53.2 Å². The summed E-state index contributed by atoms with van der Waals surface area (Å²) in [6.07, 6.45) is 0.932. The normalized spacial score (nSPS) is 12.8. The van der Waals surface area contributed by atoms with Crippen LogP contribution in [0, 0.1) is 5.92 Å². The van der Waals surface area contributed by atoms with E-state index < -0.39 is 6.10 Å². The maximum atomic E-state index is 13.1. The summed E-state index contributed by atoms with van der Waals surface area (Å²) in [6.45, 7) is 6.10. The number of aromatic amines is 1. The summed E-state index contributed by atoms with van der Waals surface area (Å²) in [5.41, 5.74) is 1.37. The Labute approximate surface area is 207 Å². The molecular formula is C25H28ClN3O4S. The van der Waals surface area contributed by atoms with E-state index >= 15 is 0 Å². The summed E-state index contributed by atoms with van der Waals surface area (Å²) < 4.78 is 11.1. The molecule has 0 saturated heterocycles. The maximum absolute atomic E-state index is 13.1. The first-order valence-corrected chi connectivity index (χ1v) is 12.4. The van der Waals surface area contributed by atoms with Gasteiger partial charge in [-0.25, -0.2) is 4.98 Å². The smallest absolute Gasteiger partial charge is 0.260 e. The van der Waals surface area contributed by atoms with Gasteiger partial charge in [0.15, 0.2) is 0 Å². The number of thiophene rings is 1. The molecule has 0 fully saturated rings. The Hall–Kier alpha value is -2.49. The molecule has 2 N–H and O–H groups in total. The number of aromatic nitrogens is 2. The van der Waals surface area contributed by atoms with Crippen LogP contribution in [0.3, 0.4) is 0 Å². The molecule has 1 aromatic carbocycles. The molecule has 3 aromatic heterocycles. The van der Waals surface area contributed by atoms with Gasteiger partial charge in [-0.3, -0.25) is 9.69 Å². The minimum absolute atomic E-state index is 0.213. The molecule has 4 rings (SSSR count). The van der Waals surface area contributed by atoms with Gasteiger partial charge >= 0.3 is 0 Å². The molecule has 9 heteroatoms. The van der Waals surface area contributed by atoms with Crippen molar-refractivity contribution in [1.82, 2.24) is 14.9 Å². The molecule has 0 spiro atoms. The average Bonchev–Trinajstić information content (AvgIpc) is 3.44. The first kappa shape index (κ1) is 24.6. The summed E-state index contributed by atoms with van der Waals surface area (Å²) in [6, 6.07) is 11.2. The molecule has 0 bridgehead atoms. The number of nitrogens with zero attached hydrogens (tertiary/aromatic N) is 2. The fourth-order valence-corrected chi connectivity index (χ4v) is 4.95. The molecule has 0 aliphatic heterocycles. The van der Waals surface area contributed by atoms with E-state index in [1.54, 1.807) is 12.3 Å². The second-order valence-electron chi connectivity index (χ2n) is 8.66. The molecule has 0 aliphatic carbocycles. The second-order valence-corrected chi connectivity index (χ2v) is 9.92. The molecule has 180 valence electrons. The lowest BCUT2D eigenvalue weighted by Gasteiger charge is -2.24. The van der Waals surface area contributed by atoms with E-state index in [2.05, 4.69) is 18.8 Å². The zero-order valence-corrected chi connectivity index (χ0v) is 20.7. The Morgan fingerprint density at radius 1 is 1.18 bits per heavy atom. The number of fused-ring (bicyclic) bond motifs is 1. The van der Waals surface area contributed by atoms with Gasteiger partial charge in [0.2, 0.25) is 0 Å². The predicted octanol–water partition coefficient (Wildman–Crippen LogP) is 4.93. The van der Waals surface area contributed by atoms with Gasteiger partial charge in [-0.05, 0) is 24.1 Å². The van der Waals surface area contributed by atoms with Gasteiger partial charge in [-0.15, -0.1) is 11.3 Å². The molecule has 0 radical (unpaired) electrons. The largest absolute Gasteiger partial charge is 0.468 e. The third-order valence-corrected chi connectivity index (χ3v) is 6.42. The third kappa shape index (κ3) is 6.14. The molecule has 0 aliphatic rings. The van der Waals surface area contributed by atoms with Crippen LogP contribution >= 0.6 is 22.9 Å². The van der Waals surface area contributed by atoms with Crippen LogP contribution in [0.5, 0.6) is 0 Å². The van der Waals surface area contributed by atoms with E-state index in [9.17, 15) is 9.90 Å². The zero-order valence-electron chi connectivity index (χ0n) is 19.2.